The first kappa shape index (κ1) is 12.1. The first-order chi connectivity index (χ1) is 9.24. The fraction of sp³-hybridized carbons (Fsp3) is 0.462. The number of halogens is 1. The van der Waals surface area contributed by atoms with Gasteiger partial charge in [-0.3, -0.25) is 0 Å². The molecule has 0 spiro atoms. The summed E-state index contributed by atoms with van der Waals surface area (Å²) in [4.78, 5) is 8.29. The van der Waals surface area contributed by atoms with Gasteiger partial charge in [0, 0.05) is 18.9 Å². The van der Waals surface area contributed by atoms with Gasteiger partial charge in [-0.15, -0.1) is 0 Å². The molecule has 19 heavy (non-hydrogen) atoms. The Bertz CT molecular complexity index is 580. The Kier molecular flexibility index (Phi) is 3.15. The standard InChI is InChI=1S/C13H16FN5/c1-2-11-17-13-7-6-9(8-19(13)18-11)15-12-5-3-4-10(14)16-12/h3-5,9H,2,6-8H2,1H3,(H,15,16). The summed E-state index contributed by atoms with van der Waals surface area (Å²) in [7, 11) is 0. The van der Waals surface area contributed by atoms with Crippen LogP contribution in [0.25, 0.3) is 0 Å². The summed E-state index contributed by atoms with van der Waals surface area (Å²) in [6.45, 7) is 2.80. The van der Waals surface area contributed by atoms with Crippen LogP contribution in [0.5, 0.6) is 0 Å². The number of nitrogens with zero attached hydrogens (tertiary/aromatic N) is 4. The van der Waals surface area contributed by atoms with Crippen molar-refractivity contribution in [1.82, 2.24) is 19.7 Å². The second kappa shape index (κ2) is 4.95. The van der Waals surface area contributed by atoms with E-state index in [4.69, 9.17) is 0 Å². The van der Waals surface area contributed by atoms with Crippen molar-refractivity contribution in [2.75, 3.05) is 5.32 Å². The summed E-state index contributed by atoms with van der Waals surface area (Å²) in [5.41, 5.74) is 0. The summed E-state index contributed by atoms with van der Waals surface area (Å²) in [5, 5.41) is 7.70. The van der Waals surface area contributed by atoms with Crippen LogP contribution < -0.4 is 5.32 Å². The van der Waals surface area contributed by atoms with Crippen molar-refractivity contribution in [2.45, 2.75) is 38.8 Å². The highest BCUT2D eigenvalue weighted by Crippen LogP contribution is 2.16. The Balaban J connectivity index is 1.71. The summed E-state index contributed by atoms with van der Waals surface area (Å²) in [6.07, 6.45) is 2.70. The van der Waals surface area contributed by atoms with Gasteiger partial charge in [-0.2, -0.15) is 9.49 Å². The topological polar surface area (TPSA) is 55.6 Å². The van der Waals surface area contributed by atoms with Crippen molar-refractivity contribution in [1.29, 1.82) is 0 Å². The van der Waals surface area contributed by atoms with E-state index in [1.54, 1.807) is 12.1 Å². The predicted octanol–water partition coefficient (Wildman–Crippen LogP) is 1.80. The van der Waals surface area contributed by atoms with Crippen LogP contribution in [0.1, 0.15) is 25.0 Å². The van der Waals surface area contributed by atoms with E-state index in [9.17, 15) is 4.39 Å². The lowest BCUT2D eigenvalue weighted by molar-refractivity contribution is 0.439. The van der Waals surface area contributed by atoms with Crippen molar-refractivity contribution < 1.29 is 4.39 Å². The normalized spacial score (nSPS) is 18.1. The van der Waals surface area contributed by atoms with Crippen LogP contribution >= 0.6 is 0 Å². The van der Waals surface area contributed by atoms with Crippen LogP contribution in [-0.4, -0.2) is 25.8 Å². The van der Waals surface area contributed by atoms with Crippen LogP contribution in [0.15, 0.2) is 18.2 Å². The van der Waals surface area contributed by atoms with Gasteiger partial charge in [-0.25, -0.2) is 14.6 Å². The van der Waals surface area contributed by atoms with Crippen LogP contribution in [0.4, 0.5) is 10.2 Å². The van der Waals surface area contributed by atoms with Crippen LogP contribution in [0.2, 0.25) is 0 Å². The number of rotatable bonds is 3. The van der Waals surface area contributed by atoms with Gasteiger partial charge in [-0.05, 0) is 18.6 Å². The molecule has 3 heterocycles. The lowest BCUT2D eigenvalue weighted by Crippen LogP contribution is -2.32. The van der Waals surface area contributed by atoms with E-state index in [1.807, 2.05) is 11.6 Å². The van der Waals surface area contributed by atoms with E-state index in [0.717, 1.165) is 37.5 Å². The molecule has 1 aliphatic heterocycles. The third-order valence-corrected chi connectivity index (χ3v) is 3.29. The van der Waals surface area contributed by atoms with E-state index in [1.165, 1.54) is 6.07 Å². The van der Waals surface area contributed by atoms with E-state index >= 15 is 0 Å². The van der Waals surface area contributed by atoms with Crippen molar-refractivity contribution in [3.63, 3.8) is 0 Å². The average Bonchev–Trinajstić information content (AvgIpc) is 2.81. The SMILES string of the molecule is CCc1nc2n(n1)CC(Nc1cccc(F)n1)CC2. The third-order valence-electron chi connectivity index (χ3n) is 3.29. The summed E-state index contributed by atoms with van der Waals surface area (Å²) in [6, 6.07) is 4.99. The van der Waals surface area contributed by atoms with Gasteiger partial charge >= 0.3 is 0 Å². The monoisotopic (exact) mass is 261 g/mol. The lowest BCUT2D eigenvalue weighted by atomic mass is 10.1. The number of aryl methyl sites for hydroxylation is 2. The maximum absolute atomic E-state index is 13.0. The quantitative estimate of drug-likeness (QED) is 0.856. The summed E-state index contributed by atoms with van der Waals surface area (Å²) < 4.78 is 15.0. The fourth-order valence-electron chi connectivity index (χ4n) is 2.33. The molecular weight excluding hydrogens is 245 g/mol. The Morgan fingerprint density at radius 1 is 1.42 bits per heavy atom. The molecule has 3 rings (SSSR count). The largest absolute Gasteiger partial charge is 0.365 e. The number of anilines is 1. The zero-order valence-corrected chi connectivity index (χ0v) is 10.8. The molecule has 5 nitrogen and oxygen atoms in total. The second-order valence-electron chi connectivity index (χ2n) is 4.71. The molecule has 0 aromatic carbocycles. The van der Waals surface area contributed by atoms with Crippen molar-refractivity contribution in [2.24, 2.45) is 0 Å². The Hall–Kier alpha value is -1.98. The highest BCUT2D eigenvalue weighted by atomic mass is 19.1. The number of fused-ring (bicyclic) bond motifs is 1. The molecule has 0 saturated heterocycles. The summed E-state index contributed by atoms with van der Waals surface area (Å²) >= 11 is 0. The molecule has 100 valence electrons. The third kappa shape index (κ3) is 2.57. The predicted molar refractivity (Wildman–Crippen MR) is 69.3 cm³/mol. The molecule has 0 fully saturated rings. The van der Waals surface area contributed by atoms with Crippen LogP contribution in [0.3, 0.4) is 0 Å². The number of hydrogen-bond acceptors (Lipinski definition) is 4. The molecule has 0 radical (unpaired) electrons. The molecule has 6 heteroatoms. The smallest absolute Gasteiger partial charge is 0.214 e. The van der Waals surface area contributed by atoms with E-state index in [-0.39, 0.29) is 6.04 Å². The minimum Gasteiger partial charge on any atom is -0.365 e. The van der Waals surface area contributed by atoms with Gasteiger partial charge in [0.2, 0.25) is 5.95 Å². The number of hydrogen-bond donors (Lipinski definition) is 1. The van der Waals surface area contributed by atoms with E-state index in [0.29, 0.717) is 5.82 Å². The number of pyridine rings is 1. The van der Waals surface area contributed by atoms with Gasteiger partial charge in [0.05, 0.1) is 6.54 Å². The molecule has 0 bridgehead atoms. The maximum atomic E-state index is 13.0. The highest BCUT2D eigenvalue weighted by Gasteiger charge is 2.21. The minimum atomic E-state index is -0.462. The van der Waals surface area contributed by atoms with E-state index < -0.39 is 5.95 Å². The Labute approximate surface area is 110 Å². The molecule has 0 saturated carbocycles. The molecule has 1 N–H and O–H groups in total. The van der Waals surface area contributed by atoms with Gasteiger partial charge in [-0.1, -0.05) is 13.0 Å². The Morgan fingerprint density at radius 3 is 3.11 bits per heavy atom. The molecule has 1 unspecified atom stereocenters. The number of aromatic nitrogens is 4. The van der Waals surface area contributed by atoms with Crippen molar-refractivity contribution >= 4 is 5.82 Å². The lowest BCUT2D eigenvalue weighted by Gasteiger charge is -2.23. The highest BCUT2D eigenvalue weighted by molar-refractivity contribution is 5.35. The zero-order valence-electron chi connectivity index (χ0n) is 10.8. The Morgan fingerprint density at radius 2 is 2.32 bits per heavy atom. The van der Waals surface area contributed by atoms with Crippen LogP contribution in [0, 0.1) is 5.95 Å². The minimum absolute atomic E-state index is 0.216. The molecular formula is C13H16FN5. The van der Waals surface area contributed by atoms with Gasteiger partial charge < -0.3 is 5.32 Å². The molecule has 2 aromatic heterocycles. The maximum Gasteiger partial charge on any atom is 0.214 e. The second-order valence-corrected chi connectivity index (χ2v) is 4.71. The molecule has 2 aromatic rings. The first-order valence-corrected chi connectivity index (χ1v) is 6.56. The van der Waals surface area contributed by atoms with Crippen molar-refractivity contribution in [3.05, 3.63) is 35.8 Å². The van der Waals surface area contributed by atoms with E-state index in [2.05, 4.69) is 20.4 Å². The number of nitrogens with one attached hydrogen (secondary N) is 1. The molecule has 1 atom stereocenters. The molecule has 1 aliphatic rings. The average molecular weight is 261 g/mol. The molecule has 0 amide bonds. The summed E-state index contributed by atoms with van der Waals surface area (Å²) in [5.74, 6) is 2.04. The van der Waals surface area contributed by atoms with Gasteiger partial charge in [0.15, 0.2) is 5.82 Å². The first-order valence-electron chi connectivity index (χ1n) is 6.56. The fourth-order valence-corrected chi connectivity index (χ4v) is 2.33. The molecule has 0 aliphatic carbocycles. The van der Waals surface area contributed by atoms with Crippen molar-refractivity contribution in [3.8, 4) is 0 Å². The van der Waals surface area contributed by atoms with Gasteiger partial charge in [0.1, 0.15) is 11.6 Å². The van der Waals surface area contributed by atoms with Gasteiger partial charge in [0.25, 0.3) is 0 Å². The van der Waals surface area contributed by atoms with Crippen LogP contribution in [-0.2, 0) is 19.4 Å². The zero-order chi connectivity index (χ0) is 13.2.